The minimum Gasteiger partial charge on any atom is -0.241 e. The van der Waals surface area contributed by atoms with Crippen molar-refractivity contribution in [3.05, 3.63) is 34.3 Å². The maximum absolute atomic E-state index is 4.46. The molecule has 0 aromatic heterocycles. The average Bonchev–Trinajstić information content (AvgIpc) is 2.20. The first-order chi connectivity index (χ1) is 6.38. The summed E-state index contributed by atoms with van der Waals surface area (Å²) in [5.41, 5.74) is 1.42. The van der Waals surface area contributed by atoms with Crippen molar-refractivity contribution in [2.45, 2.75) is 18.8 Å². The van der Waals surface area contributed by atoms with Crippen LogP contribution in [0.25, 0.3) is 0 Å². The van der Waals surface area contributed by atoms with E-state index in [4.69, 9.17) is 0 Å². The van der Waals surface area contributed by atoms with Crippen LogP contribution in [0.5, 0.6) is 0 Å². The summed E-state index contributed by atoms with van der Waals surface area (Å²) in [7, 11) is 0. The fourth-order valence-corrected chi connectivity index (χ4v) is 2.46. The molecule has 0 N–H and O–H groups in total. The summed E-state index contributed by atoms with van der Waals surface area (Å²) in [6, 6.07) is 8.49. The Bertz CT molecular complexity index is 279. The Morgan fingerprint density at radius 2 is 2.15 bits per heavy atom. The quantitative estimate of drug-likeness (QED) is 0.715. The zero-order valence-corrected chi connectivity index (χ0v) is 9.13. The third kappa shape index (κ3) is 2.12. The Hall–Kier alpha value is -0.340. The summed E-state index contributed by atoms with van der Waals surface area (Å²) >= 11 is 3.59. The van der Waals surface area contributed by atoms with Crippen LogP contribution in [-0.4, -0.2) is 13.1 Å². The van der Waals surface area contributed by atoms with Crippen LogP contribution in [0.4, 0.5) is 0 Å². The molecule has 1 unspecified atom stereocenters. The summed E-state index contributed by atoms with van der Waals surface area (Å²) in [5.74, 6) is 0.643. The molecule has 1 heterocycles. The van der Waals surface area contributed by atoms with Crippen LogP contribution in [0, 0.1) is 0 Å². The van der Waals surface area contributed by atoms with Gasteiger partial charge in [-0.25, -0.2) is 5.32 Å². The van der Waals surface area contributed by atoms with E-state index in [1.807, 2.05) is 0 Å². The first-order valence-electron chi connectivity index (χ1n) is 4.75. The lowest BCUT2D eigenvalue weighted by Gasteiger charge is -2.22. The Balaban J connectivity index is 2.18. The van der Waals surface area contributed by atoms with Crippen LogP contribution in [-0.2, 0) is 0 Å². The van der Waals surface area contributed by atoms with Gasteiger partial charge in [0.15, 0.2) is 0 Å². The van der Waals surface area contributed by atoms with Crippen LogP contribution in [0.1, 0.15) is 24.3 Å². The molecule has 1 saturated heterocycles. The van der Waals surface area contributed by atoms with Crippen molar-refractivity contribution in [3.63, 3.8) is 0 Å². The summed E-state index contributed by atoms with van der Waals surface area (Å²) in [5, 5.41) is 4.46. The number of nitrogens with zero attached hydrogens (tertiary/aromatic N) is 1. The molecule has 0 spiro atoms. The minimum atomic E-state index is 0.643. The highest BCUT2D eigenvalue weighted by Crippen LogP contribution is 2.29. The second-order valence-corrected chi connectivity index (χ2v) is 4.34. The molecule has 0 saturated carbocycles. The Morgan fingerprint density at radius 3 is 2.85 bits per heavy atom. The molecule has 13 heavy (non-hydrogen) atoms. The van der Waals surface area contributed by atoms with Crippen molar-refractivity contribution in [3.8, 4) is 0 Å². The first kappa shape index (κ1) is 9.22. The number of piperidine rings is 1. The molecule has 0 bridgehead atoms. The summed E-state index contributed by atoms with van der Waals surface area (Å²) in [4.78, 5) is 0. The molecule has 0 amide bonds. The maximum Gasteiger partial charge on any atom is 0.0210 e. The van der Waals surface area contributed by atoms with E-state index >= 15 is 0 Å². The molecule has 1 aliphatic heterocycles. The van der Waals surface area contributed by atoms with E-state index in [0.717, 1.165) is 13.1 Å². The van der Waals surface area contributed by atoms with Gasteiger partial charge in [-0.3, -0.25) is 0 Å². The summed E-state index contributed by atoms with van der Waals surface area (Å²) in [6.07, 6.45) is 2.53. The second-order valence-electron chi connectivity index (χ2n) is 3.49. The lowest BCUT2D eigenvalue weighted by molar-refractivity contribution is 0.453. The van der Waals surface area contributed by atoms with Crippen molar-refractivity contribution >= 4 is 15.9 Å². The molecule has 1 aromatic carbocycles. The van der Waals surface area contributed by atoms with Gasteiger partial charge in [0, 0.05) is 17.6 Å². The zero-order valence-electron chi connectivity index (χ0n) is 7.54. The molecule has 2 rings (SSSR count). The van der Waals surface area contributed by atoms with Crippen molar-refractivity contribution in [2.24, 2.45) is 0 Å². The molecule has 1 nitrogen and oxygen atoms in total. The standard InChI is InChI=1S/C11H13BrN/c12-11-6-2-1-5-10(11)9-4-3-7-13-8-9/h1-2,5-6,9H,3-4,7-8H2. The van der Waals surface area contributed by atoms with Gasteiger partial charge in [0.1, 0.15) is 0 Å². The minimum absolute atomic E-state index is 0.643. The van der Waals surface area contributed by atoms with Gasteiger partial charge in [-0.15, -0.1) is 0 Å². The van der Waals surface area contributed by atoms with E-state index in [2.05, 4.69) is 45.5 Å². The third-order valence-corrected chi connectivity index (χ3v) is 3.29. The fourth-order valence-electron chi connectivity index (χ4n) is 1.85. The highest BCUT2D eigenvalue weighted by Gasteiger charge is 2.17. The second kappa shape index (κ2) is 4.25. The van der Waals surface area contributed by atoms with Crippen LogP contribution in [0.2, 0.25) is 0 Å². The van der Waals surface area contributed by atoms with Gasteiger partial charge in [0.05, 0.1) is 0 Å². The number of benzene rings is 1. The van der Waals surface area contributed by atoms with Crippen LogP contribution in [0.15, 0.2) is 28.7 Å². The van der Waals surface area contributed by atoms with E-state index in [0.29, 0.717) is 5.92 Å². The molecule has 1 aliphatic rings. The Kier molecular flexibility index (Phi) is 3.01. The topological polar surface area (TPSA) is 14.1 Å². The lowest BCUT2D eigenvalue weighted by atomic mass is 9.92. The lowest BCUT2D eigenvalue weighted by Crippen LogP contribution is -2.22. The van der Waals surface area contributed by atoms with Gasteiger partial charge in [0.25, 0.3) is 0 Å². The molecule has 2 heteroatoms. The zero-order chi connectivity index (χ0) is 9.10. The van der Waals surface area contributed by atoms with Crippen molar-refractivity contribution in [2.75, 3.05) is 13.1 Å². The highest BCUT2D eigenvalue weighted by molar-refractivity contribution is 9.10. The predicted molar refractivity (Wildman–Crippen MR) is 58.0 cm³/mol. The molecule has 1 radical (unpaired) electrons. The predicted octanol–water partition coefficient (Wildman–Crippen LogP) is 2.93. The molecule has 0 aliphatic carbocycles. The number of rotatable bonds is 1. The van der Waals surface area contributed by atoms with Crippen molar-refractivity contribution in [1.29, 1.82) is 0 Å². The van der Waals surface area contributed by atoms with Crippen molar-refractivity contribution < 1.29 is 0 Å². The molecular formula is C11H13BrN. The number of hydrogen-bond acceptors (Lipinski definition) is 0. The largest absolute Gasteiger partial charge is 0.241 e. The van der Waals surface area contributed by atoms with Gasteiger partial charge in [-0.2, -0.15) is 0 Å². The number of halogens is 1. The van der Waals surface area contributed by atoms with Gasteiger partial charge in [-0.05, 0) is 30.4 Å². The van der Waals surface area contributed by atoms with Crippen LogP contribution < -0.4 is 5.32 Å². The van der Waals surface area contributed by atoms with E-state index in [9.17, 15) is 0 Å². The van der Waals surface area contributed by atoms with Gasteiger partial charge in [0.2, 0.25) is 0 Å². The van der Waals surface area contributed by atoms with Gasteiger partial charge >= 0.3 is 0 Å². The number of hydrogen-bond donors (Lipinski definition) is 0. The van der Waals surface area contributed by atoms with Crippen LogP contribution in [0.3, 0.4) is 0 Å². The molecular weight excluding hydrogens is 226 g/mol. The average molecular weight is 239 g/mol. The fraction of sp³-hybridized carbons (Fsp3) is 0.455. The van der Waals surface area contributed by atoms with E-state index in [1.54, 1.807) is 0 Å². The SMILES string of the molecule is Brc1ccccc1C1CCC[N]C1. The van der Waals surface area contributed by atoms with E-state index < -0.39 is 0 Å². The monoisotopic (exact) mass is 238 g/mol. The van der Waals surface area contributed by atoms with Crippen LogP contribution >= 0.6 is 15.9 Å². The molecule has 1 fully saturated rings. The normalized spacial score (nSPS) is 23.0. The van der Waals surface area contributed by atoms with E-state index in [1.165, 1.54) is 22.9 Å². The maximum atomic E-state index is 4.46. The van der Waals surface area contributed by atoms with E-state index in [-0.39, 0.29) is 0 Å². The third-order valence-electron chi connectivity index (χ3n) is 2.56. The van der Waals surface area contributed by atoms with Gasteiger partial charge in [-0.1, -0.05) is 34.1 Å². The summed E-state index contributed by atoms with van der Waals surface area (Å²) < 4.78 is 1.23. The summed E-state index contributed by atoms with van der Waals surface area (Å²) in [6.45, 7) is 2.06. The first-order valence-corrected chi connectivity index (χ1v) is 5.55. The van der Waals surface area contributed by atoms with Gasteiger partial charge < -0.3 is 0 Å². The molecule has 1 aromatic rings. The highest BCUT2D eigenvalue weighted by atomic mass is 79.9. The Morgan fingerprint density at radius 1 is 1.31 bits per heavy atom. The molecule has 1 atom stereocenters. The molecule has 69 valence electrons. The Labute approximate surface area is 87.7 Å². The smallest absolute Gasteiger partial charge is 0.0210 e. The van der Waals surface area contributed by atoms with Crippen molar-refractivity contribution in [1.82, 2.24) is 5.32 Å².